The van der Waals surface area contributed by atoms with E-state index in [1.807, 2.05) is 31.2 Å². The van der Waals surface area contributed by atoms with Crippen LogP contribution in [0.5, 0.6) is 5.75 Å². The van der Waals surface area contributed by atoms with Crippen LogP contribution in [0.3, 0.4) is 0 Å². The standard InChI is InChI=1S/C15H25NO3S/c1-12(13-6-8-14(19-5)9-7-13)16-10-11-20(17,18)15(2,3)4/h6-9,12,16H,10-11H2,1-5H3/t12-/m0/s1. The molecule has 5 heteroatoms. The maximum atomic E-state index is 12.0. The Balaban J connectivity index is 2.53. The third kappa shape index (κ3) is 4.49. The minimum atomic E-state index is -3.07. The zero-order chi connectivity index (χ0) is 15.4. The van der Waals surface area contributed by atoms with Crippen molar-refractivity contribution in [3.05, 3.63) is 29.8 Å². The van der Waals surface area contributed by atoms with Crippen molar-refractivity contribution in [1.29, 1.82) is 0 Å². The third-order valence-electron chi connectivity index (χ3n) is 3.37. The van der Waals surface area contributed by atoms with Gasteiger partial charge in [-0.1, -0.05) is 12.1 Å². The highest BCUT2D eigenvalue weighted by molar-refractivity contribution is 7.92. The summed E-state index contributed by atoms with van der Waals surface area (Å²) in [7, 11) is -1.44. The summed E-state index contributed by atoms with van der Waals surface area (Å²) >= 11 is 0. The first kappa shape index (κ1) is 17.0. The van der Waals surface area contributed by atoms with Crippen LogP contribution < -0.4 is 10.1 Å². The molecule has 0 amide bonds. The zero-order valence-corrected chi connectivity index (χ0v) is 13.8. The Morgan fingerprint density at radius 1 is 1.20 bits per heavy atom. The zero-order valence-electron chi connectivity index (χ0n) is 12.9. The number of hydrogen-bond acceptors (Lipinski definition) is 4. The molecule has 0 saturated carbocycles. The van der Waals surface area contributed by atoms with Crippen LogP contribution in [-0.2, 0) is 9.84 Å². The van der Waals surface area contributed by atoms with Crippen molar-refractivity contribution in [2.75, 3.05) is 19.4 Å². The van der Waals surface area contributed by atoms with E-state index < -0.39 is 14.6 Å². The molecule has 0 aliphatic carbocycles. The number of nitrogens with one attached hydrogen (secondary N) is 1. The van der Waals surface area contributed by atoms with E-state index in [1.54, 1.807) is 27.9 Å². The third-order valence-corrected chi connectivity index (χ3v) is 5.98. The molecule has 0 bridgehead atoms. The van der Waals surface area contributed by atoms with Gasteiger partial charge in [0.25, 0.3) is 0 Å². The number of ether oxygens (including phenoxy) is 1. The summed E-state index contributed by atoms with van der Waals surface area (Å²) in [5, 5.41) is 3.24. The summed E-state index contributed by atoms with van der Waals surface area (Å²) in [6.07, 6.45) is 0. The van der Waals surface area contributed by atoms with E-state index in [-0.39, 0.29) is 11.8 Å². The maximum Gasteiger partial charge on any atom is 0.156 e. The largest absolute Gasteiger partial charge is 0.497 e. The van der Waals surface area contributed by atoms with Gasteiger partial charge in [0.15, 0.2) is 9.84 Å². The highest BCUT2D eigenvalue weighted by Gasteiger charge is 2.28. The molecular weight excluding hydrogens is 274 g/mol. The Bertz CT molecular complexity index is 515. The van der Waals surface area contributed by atoms with Crippen LogP contribution in [0, 0.1) is 0 Å². The van der Waals surface area contributed by atoms with Crippen molar-refractivity contribution < 1.29 is 13.2 Å². The van der Waals surface area contributed by atoms with Gasteiger partial charge in [-0.3, -0.25) is 0 Å². The topological polar surface area (TPSA) is 55.4 Å². The van der Waals surface area contributed by atoms with E-state index in [4.69, 9.17) is 4.74 Å². The molecule has 1 aromatic rings. The molecule has 1 rings (SSSR count). The van der Waals surface area contributed by atoms with Crippen molar-refractivity contribution in [3.63, 3.8) is 0 Å². The van der Waals surface area contributed by atoms with Crippen LogP contribution in [-0.4, -0.2) is 32.6 Å². The minimum Gasteiger partial charge on any atom is -0.497 e. The predicted molar refractivity (Wildman–Crippen MR) is 83.0 cm³/mol. The summed E-state index contributed by atoms with van der Waals surface area (Å²) < 4.78 is 28.4. The van der Waals surface area contributed by atoms with Crippen molar-refractivity contribution >= 4 is 9.84 Å². The number of sulfone groups is 1. The van der Waals surface area contributed by atoms with Gasteiger partial charge in [-0.25, -0.2) is 8.42 Å². The average molecular weight is 299 g/mol. The van der Waals surface area contributed by atoms with Crippen LogP contribution in [0.25, 0.3) is 0 Å². The van der Waals surface area contributed by atoms with Crippen LogP contribution >= 0.6 is 0 Å². The molecule has 0 aromatic heterocycles. The van der Waals surface area contributed by atoms with E-state index in [1.165, 1.54) is 0 Å². The molecule has 0 fully saturated rings. The molecule has 20 heavy (non-hydrogen) atoms. The van der Waals surface area contributed by atoms with Crippen molar-refractivity contribution in [1.82, 2.24) is 5.32 Å². The quantitative estimate of drug-likeness (QED) is 0.877. The van der Waals surface area contributed by atoms with Crippen molar-refractivity contribution in [2.45, 2.75) is 38.5 Å². The average Bonchev–Trinajstić information content (AvgIpc) is 2.37. The van der Waals surface area contributed by atoms with Gasteiger partial charge in [0.05, 0.1) is 17.6 Å². The molecule has 1 N–H and O–H groups in total. The maximum absolute atomic E-state index is 12.0. The van der Waals surface area contributed by atoms with Crippen LogP contribution in [0.15, 0.2) is 24.3 Å². The number of hydrogen-bond donors (Lipinski definition) is 1. The summed E-state index contributed by atoms with van der Waals surface area (Å²) in [5.74, 6) is 0.966. The number of rotatable bonds is 6. The molecule has 4 nitrogen and oxygen atoms in total. The molecule has 0 aliphatic rings. The minimum absolute atomic E-state index is 0.107. The Morgan fingerprint density at radius 2 is 1.75 bits per heavy atom. The van der Waals surface area contributed by atoms with E-state index in [0.29, 0.717) is 6.54 Å². The molecule has 0 spiro atoms. The fraction of sp³-hybridized carbons (Fsp3) is 0.600. The second-order valence-electron chi connectivity index (χ2n) is 5.88. The summed E-state index contributed by atoms with van der Waals surface area (Å²) in [6, 6.07) is 7.87. The first-order valence-electron chi connectivity index (χ1n) is 6.77. The molecule has 0 heterocycles. The second kappa shape index (κ2) is 6.59. The first-order valence-corrected chi connectivity index (χ1v) is 8.42. The molecule has 0 unspecified atom stereocenters. The second-order valence-corrected chi connectivity index (χ2v) is 8.74. The van der Waals surface area contributed by atoms with Gasteiger partial charge in [0, 0.05) is 12.6 Å². The monoisotopic (exact) mass is 299 g/mol. The van der Waals surface area contributed by atoms with Crippen LogP contribution in [0.2, 0.25) is 0 Å². The van der Waals surface area contributed by atoms with Gasteiger partial charge in [-0.15, -0.1) is 0 Å². The fourth-order valence-corrected chi connectivity index (χ4v) is 2.73. The Kier molecular flexibility index (Phi) is 5.59. The van der Waals surface area contributed by atoms with E-state index in [9.17, 15) is 8.42 Å². The molecule has 1 aromatic carbocycles. The van der Waals surface area contributed by atoms with E-state index in [2.05, 4.69) is 5.32 Å². The number of methoxy groups -OCH3 is 1. The lowest BCUT2D eigenvalue weighted by atomic mass is 10.1. The SMILES string of the molecule is COc1ccc([C@H](C)NCCS(=O)(=O)C(C)(C)C)cc1. The summed E-state index contributed by atoms with van der Waals surface area (Å²) in [6.45, 7) is 7.66. The van der Waals surface area contributed by atoms with E-state index in [0.717, 1.165) is 11.3 Å². The molecule has 0 saturated heterocycles. The lowest BCUT2D eigenvalue weighted by molar-refractivity contribution is 0.414. The Labute approximate surface area is 122 Å². The van der Waals surface area contributed by atoms with Crippen LogP contribution in [0.4, 0.5) is 0 Å². The van der Waals surface area contributed by atoms with Gasteiger partial charge in [0.2, 0.25) is 0 Å². The fourth-order valence-electron chi connectivity index (χ4n) is 1.73. The van der Waals surface area contributed by atoms with Crippen molar-refractivity contribution in [2.24, 2.45) is 0 Å². The highest BCUT2D eigenvalue weighted by atomic mass is 32.2. The van der Waals surface area contributed by atoms with Gasteiger partial charge in [0.1, 0.15) is 5.75 Å². The molecule has 114 valence electrons. The summed E-state index contributed by atoms with van der Waals surface area (Å²) in [5.41, 5.74) is 1.11. The molecule has 0 radical (unpaired) electrons. The number of benzene rings is 1. The smallest absolute Gasteiger partial charge is 0.156 e. The normalized spacial score (nSPS) is 14.1. The van der Waals surface area contributed by atoms with E-state index >= 15 is 0 Å². The Morgan fingerprint density at radius 3 is 2.20 bits per heavy atom. The van der Waals surface area contributed by atoms with Crippen molar-refractivity contribution in [3.8, 4) is 5.75 Å². The molecule has 0 aliphatic heterocycles. The Hall–Kier alpha value is -1.07. The first-order chi connectivity index (χ1) is 9.17. The predicted octanol–water partition coefficient (Wildman–Crippen LogP) is 2.56. The van der Waals surface area contributed by atoms with Gasteiger partial charge in [-0.2, -0.15) is 0 Å². The van der Waals surface area contributed by atoms with Gasteiger partial charge < -0.3 is 10.1 Å². The van der Waals surface area contributed by atoms with Gasteiger partial charge in [-0.05, 0) is 45.4 Å². The highest BCUT2D eigenvalue weighted by Crippen LogP contribution is 2.18. The lowest BCUT2D eigenvalue weighted by Gasteiger charge is -2.20. The van der Waals surface area contributed by atoms with Crippen LogP contribution in [0.1, 0.15) is 39.3 Å². The molecular formula is C15H25NO3S. The molecule has 1 atom stereocenters. The summed E-state index contributed by atoms with van der Waals surface area (Å²) in [4.78, 5) is 0. The van der Waals surface area contributed by atoms with Gasteiger partial charge >= 0.3 is 0 Å². The lowest BCUT2D eigenvalue weighted by Crippen LogP contribution is -2.35.